The van der Waals surface area contributed by atoms with E-state index in [1.807, 2.05) is 72.2 Å². The summed E-state index contributed by atoms with van der Waals surface area (Å²) in [6, 6.07) is 17.0. The van der Waals surface area contributed by atoms with Crippen LogP contribution in [-0.4, -0.2) is 22.4 Å². The predicted molar refractivity (Wildman–Crippen MR) is 114 cm³/mol. The number of carbonyl (C=O) groups excluding carboxylic acids is 1. The minimum atomic E-state index is -0.214. The first-order valence-electron chi connectivity index (χ1n) is 8.75. The number of methoxy groups -OCH3 is 1. The molecule has 1 amide bonds. The predicted octanol–water partition coefficient (Wildman–Crippen LogP) is 5.33. The lowest BCUT2D eigenvalue weighted by atomic mass is 10.1. The van der Waals surface area contributed by atoms with E-state index in [2.05, 4.69) is 21.2 Å². The van der Waals surface area contributed by atoms with Gasteiger partial charge in [0.25, 0.3) is 5.91 Å². The van der Waals surface area contributed by atoms with Crippen molar-refractivity contribution in [3.05, 3.63) is 82.6 Å². The van der Waals surface area contributed by atoms with Gasteiger partial charge in [0.15, 0.2) is 0 Å². The molecule has 4 rings (SSSR count). The molecule has 6 heteroatoms. The number of aromatic nitrogens is 2. The van der Waals surface area contributed by atoms with Crippen molar-refractivity contribution >= 4 is 33.2 Å². The monoisotopic (exact) mass is 435 g/mol. The fraction of sp³-hybridized carbons (Fsp3) is 0.0909. The molecule has 0 spiro atoms. The number of rotatable bonds is 4. The van der Waals surface area contributed by atoms with Crippen molar-refractivity contribution in [2.24, 2.45) is 0 Å². The molecule has 1 N–H and O–H groups in total. The quantitative estimate of drug-likeness (QED) is 0.470. The zero-order valence-electron chi connectivity index (χ0n) is 15.4. The van der Waals surface area contributed by atoms with Crippen LogP contribution in [-0.2, 0) is 0 Å². The number of anilines is 1. The number of benzene rings is 2. The Morgan fingerprint density at radius 2 is 1.96 bits per heavy atom. The van der Waals surface area contributed by atoms with Gasteiger partial charge in [0, 0.05) is 22.4 Å². The maximum atomic E-state index is 12.7. The molecular weight excluding hydrogens is 418 g/mol. The zero-order chi connectivity index (χ0) is 19.7. The summed E-state index contributed by atoms with van der Waals surface area (Å²) in [6.07, 6.45) is 3.95. The van der Waals surface area contributed by atoms with E-state index in [9.17, 15) is 4.79 Å². The second kappa shape index (κ2) is 7.48. The standard InChI is InChI=1S/C22H18BrN3O2/c1-14-6-5-11-26-13-19(24-21(14)26)15-9-10-20(28-2)18(12-15)25-22(27)16-7-3-4-8-17(16)23/h3-13H,1-2H3,(H,25,27). The lowest BCUT2D eigenvalue weighted by Crippen LogP contribution is -2.13. The average molecular weight is 436 g/mol. The van der Waals surface area contributed by atoms with E-state index in [-0.39, 0.29) is 5.91 Å². The number of carbonyl (C=O) groups is 1. The van der Waals surface area contributed by atoms with Gasteiger partial charge in [0.05, 0.1) is 24.1 Å². The number of hydrogen-bond acceptors (Lipinski definition) is 3. The summed E-state index contributed by atoms with van der Waals surface area (Å²) in [5, 5.41) is 2.95. The van der Waals surface area contributed by atoms with Gasteiger partial charge < -0.3 is 14.5 Å². The number of fused-ring (bicyclic) bond motifs is 1. The van der Waals surface area contributed by atoms with Crippen LogP contribution < -0.4 is 10.1 Å². The molecule has 0 saturated heterocycles. The van der Waals surface area contributed by atoms with Crippen molar-refractivity contribution in [3.8, 4) is 17.0 Å². The number of amides is 1. The Balaban J connectivity index is 1.72. The van der Waals surface area contributed by atoms with Gasteiger partial charge in [-0.2, -0.15) is 0 Å². The molecule has 0 radical (unpaired) electrons. The highest BCUT2D eigenvalue weighted by Gasteiger charge is 2.14. The van der Waals surface area contributed by atoms with Gasteiger partial charge in [-0.1, -0.05) is 18.2 Å². The van der Waals surface area contributed by atoms with Crippen LogP contribution in [0.25, 0.3) is 16.9 Å². The molecule has 2 aromatic heterocycles. The Hall–Kier alpha value is -3.12. The van der Waals surface area contributed by atoms with Crippen molar-refractivity contribution in [2.75, 3.05) is 12.4 Å². The normalized spacial score (nSPS) is 10.8. The van der Waals surface area contributed by atoms with Crippen LogP contribution in [0.2, 0.25) is 0 Å². The molecule has 0 atom stereocenters. The average Bonchev–Trinajstić information content (AvgIpc) is 3.14. The molecule has 0 saturated carbocycles. The lowest BCUT2D eigenvalue weighted by molar-refractivity contribution is 0.102. The number of halogens is 1. The van der Waals surface area contributed by atoms with Crippen LogP contribution in [0.3, 0.4) is 0 Å². The van der Waals surface area contributed by atoms with E-state index >= 15 is 0 Å². The highest BCUT2D eigenvalue weighted by atomic mass is 79.9. The molecular formula is C22H18BrN3O2. The summed E-state index contributed by atoms with van der Waals surface area (Å²) in [5.41, 5.74) is 4.88. The molecule has 2 heterocycles. The third kappa shape index (κ3) is 3.39. The Morgan fingerprint density at radius 1 is 1.14 bits per heavy atom. The summed E-state index contributed by atoms with van der Waals surface area (Å²) >= 11 is 3.42. The fourth-order valence-corrected chi connectivity index (χ4v) is 3.56. The summed E-state index contributed by atoms with van der Waals surface area (Å²) in [5.74, 6) is 0.373. The Bertz CT molecular complexity index is 1180. The van der Waals surface area contributed by atoms with E-state index in [4.69, 9.17) is 9.72 Å². The highest BCUT2D eigenvalue weighted by molar-refractivity contribution is 9.10. The van der Waals surface area contributed by atoms with Crippen molar-refractivity contribution < 1.29 is 9.53 Å². The maximum Gasteiger partial charge on any atom is 0.256 e. The van der Waals surface area contributed by atoms with Gasteiger partial charge in [-0.3, -0.25) is 4.79 Å². The number of nitrogens with one attached hydrogen (secondary N) is 1. The molecule has 140 valence electrons. The zero-order valence-corrected chi connectivity index (χ0v) is 17.0. The summed E-state index contributed by atoms with van der Waals surface area (Å²) in [7, 11) is 1.58. The molecule has 2 aromatic carbocycles. The van der Waals surface area contributed by atoms with Gasteiger partial charge >= 0.3 is 0 Å². The Morgan fingerprint density at radius 3 is 2.71 bits per heavy atom. The maximum absolute atomic E-state index is 12.7. The topological polar surface area (TPSA) is 55.6 Å². The number of pyridine rings is 1. The van der Waals surface area contributed by atoms with Crippen LogP contribution in [0.1, 0.15) is 15.9 Å². The number of hydrogen-bond donors (Lipinski definition) is 1. The summed E-state index contributed by atoms with van der Waals surface area (Å²) < 4.78 is 8.16. The summed E-state index contributed by atoms with van der Waals surface area (Å²) in [6.45, 7) is 2.03. The minimum Gasteiger partial charge on any atom is -0.495 e. The molecule has 0 bridgehead atoms. The fourth-order valence-electron chi connectivity index (χ4n) is 3.09. The smallest absolute Gasteiger partial charge is 0.256 e. The van der Waals surface area contributed by atoms with Gasteiger partial charge in [-0.15, -0.1) is 0 Å². The van der Waals surface area contributed by atoms with Gasteiger partial charge in [-0.25, -0.2) is 4.98 Å². The SMILES string of the molecule is COc1ccc(-c2cn3cccc(C)c3n2)cc1NC(=O)c1ccccc1Br. The van der Waals surface area contributed by atoms with Gasteiger partial charge in [0.1, 0.15) is 11.4 Å². The first-order valence-corrected chi connectivity index (χ1v) is 9.55. The molecule has 4 aromatic rings. The largest absolute Gasteiger partial charge is 0.495 e. The van der Waals surface area contributed by atoms with E-state index in [1.54, 1.807) is 13.2 Å². The third-order valence-electron chi connectivity index (χ3n) is 4.54. The molecule has 0 unspecified atom stereocenters. The number of nitrogens with zero attached hydrogens (tertiary/aromatic N) is 2. The number of aryl methyl sites for hydroxylation is 1. The highest BCUT2D eigenvalue weighted by Crippen LogP contribution is 2.31. The van der Waals surface area contributed by atoms with Crippen LogP contribution in [0.4, 0.5) is 5.69 Å². The van der Waals surface area contributed by atoms with Crippen molar-refractivity contribution in [2.45, 2.75) is 6.92 Å². The van der Waals surface area contributed by atoms with Crippen LogP contribution in [0.15, 0.2) is 71.5 Å². The summed E-state index contributed by atoms with van der Waals surface area (Å²) in [4.78, 5) is 17.5. The molecule has 5 nitrogen and oxygen atoms in total. The van der Waals surface area contributed by atoms with Crippen LogP contribution >= 0.6 is 15.9 Å². The molecule has 0 aliphatic rings. The van der Waals surface area contributed by atoms with Gasteiger partial charge in [0.2, 0.25) is 0 Å². The van der Waals surface area contributed by atoms with Crippen molar-refractivity contribution in [1.82, 2.24) is 9.38 Å². The first-order chi connectivity index (χ1) is 13.6. The van der Waals surface area contributed by atoms with E-state index in [0.29, 0.717) is 17.0 Å². The molecule has 0 aliphatic heterocycles. The van der Waals surface area contributed by atoms with Crippen molar-refractivity contribution in [1.29, 1.82) is 0 Å². The molecule has 0 aliphatic carbocycles. The molecule has 0 fully saturated rings. The van der Waals surface area contributed by atoms with Crippen LogP contribution in [0, 0.1) is 6.92 Å². The van der Waals surface area contributed by atoms with Crippen LogP contribution in [0.5, 0.6) is 5.75 Å². The lowest BCUT2D eigenvalue weighted by Gasteiger charge is -2.12. The Kier molecular flexibility index (Phi) is 4.88. The third-order valence-corrected chi connectivity index (χ3v) is 5.23. The van der Waals surface area contributed by atoms with E-state index in [1.165, 1.54) is 0 Å². The minimum absolute atomic E-state index is 0.214. The second-order valence-corrected chi connectivity index (χ2v) is 7.25. The number of imidazole rings is 1. The number of ether oxygens (including phenoxy) is 1. The van der Waals surface area contributed by atoms with Crippen molar-refractivity contribution in [3.63, 3.8) is 0 Å². The molecule has 28 heavy (non-hydrogen) atoms. The Labute approximate surface area is 171 Å². The van der Waals surface area contributed by atoms with E-state index < -0.39 is 0 Å². The second-order valence-electron chi connectivity index (χ2n) is 6.40. The van der Waals surface area contributed by atoms with E-state index in [0.717, 1.165) is 26.9 Å². The van der Waals surface area contributed by atoms with Gasteiger partial charge in [-0.05, 0) is 64.8 Å². The first kappa shape index (κ1) is 18.3.